The second-order valence-electron chi connectivity index (χ2n) is 7.28. The zero-order valence-corrected chi connectivity index (χ0v) is 18.6. The number of amides is 1. The maximum absolute atomic E-state index is 12.9. The fourth-order valence-corrected chi connectivity index (χ4v) is 3.85. The first-order valence-electron chi connectivity index (χ1n) is 10.1. The van der Waals surface area contributed by atoms with E-state index in [1.165, 1.54) is 0 Å². The van der Waals surface area contributed by atoms with Gasteiger partial charge in [-0.2, -0.15) is 5.26 Å². The lowest BCUT2D eigenvalue weighted by Crippen LogP contribution is -2.33. The number of fused-ring (bicyclic) bond motifs is 1. The second kappa shape index (κ2) is 9.75. The topological polar surface area (TPSA) is 101 Å². The van der Waals surface area contributed by atoms with Gasteiger partial charge in [0.15, 0.2) is 11.5 Å². The average Bonchev–Trinajstić information content (AvgIpc) is 3.29. The third-order valence-corrected chi connectivity index (χ3v) is 5.88. The average molecular weight is 451 g/mol. The minimum Gasteiger partial charge on any atom is -0.485 e. The number of rotatable bonds is 7. The molecule has 0 saturated heterocycles. The smallest absolute Gasteiger partial charge is 0.277 e. The van der Waals surface area contributed by atoms with Crippen molar-refractivity contribution in [2.24, 2.45) is 0 Å². The predicted molar refractivity (Wildman–Crippen MR) is 119 cm³/mol. The number of carbonyl (C=O) groups excluding carboxylic acids is 1. The van der Waals surface area contributed by atoms with Crippen molar-refractivity contribution in [3.05, 3.63) is 59.5 Å². The molecular weight excluding hydrogens is 428 g/mol. The van der Waals surface area contributed by atoms with Crippen molar-refractivity contribution in [2.45, 2.75) is 31.6 Å². The molecule has 32 heavy (non-hydrogen) atoms. The summed E-state index contributed by atoms with van der Waals surface area (Å²) in [5, 5.41) is 17.3. The monoisotopic (exact) mass is 450 g/mol. The lowest BCUT2D eigenvalue weighted by atomic mass is 10.1. The van der Waals surface area contributed by atoms with E-state index in [9.17, 15) is 4.79 Å². The van der Waals surface area contributed by atoms with E-state index in [2.05, 4.69) is 16.3 Å². The number of ether oxygens (including phenoxy) is 2. The Morgan fingerprint density at radius 2 is 2.00 bits per heavy atom. The molecule has 9 heteroatoms. The molecule has 8 nitrogen and oxygen atoms in total. The standard InChI is InChI=1S/C23H22N4O4S/c1-15-8-9-17(12-16(15)2)27(11-5-10-24)21(28)14-32-23-26-25-22(31-23)20-13-29-18-6-3-4-7-19(18)30-20/h3-4,6-9,12,20H,5,11,13-14H2,1-2H3. The summed E-state index contributed by atoms with van der Waals surface area (Å²) in [6.45, 7) is 4.59. The lowest BCUT2D eigenvalue weighted by molar-refractivity contribution is -0.116. The van der Waals surface area contributed by atoms with E-state index in [1.807, 2.05) is 56.3 Å². The van der Waals surface area contributed by atoms with Gasteiger partial charge < -0.3 is 18.8 Å². The molecule has 0 fully saturated rings. The minimum absolute atomic E-state index is 0.102. The van der Waals surface area contributed by atoms with Crippen LogP contribution in [0.4, 0.5) is 5.69 Å². The van der Waals surface area contributed by atoms with Crippen LogP contribution in [0.1, 0.15) is 29.5 Å². The highest BCUT2D eigenvalue weighted by Crippen LogP contribution is 2.36. The first kappa shape index (κ1) is 21.7. The van der Waals surface area contributed by atoms with Crippen molar-refractivity contribution in [2.75, 3.05) is 23.8 Å². The maximum Gasteiger partial charge on any atom is 0.277 e. The van der Waals surface area contributed by atoms with E-state index in [-0.39, 0.29) is 29.9 Å². The van der Waals surface area contributed by atoms with Gasteiger partial charge in [-0.25, -0.2) is 0 Å². The maximum atomic E-state index is 12.9. The van der Waals surface area contributed by atoms with Gasteiger partial charge in [0, 0.05) is 12.2 Å². The number of nitrogens with zero attached hydrogens (tertiary/aromatic N) is 4. The number of thioether (sulfide) groups is 1. The van der Waals surface area contributed by atoms with Crippen molar-refractivity contribution >= 4 is 23.4 Å². The zero-order chi connectivity index (χ0) is 22.5. The molecule has 3 aromatic rings. The number of nitriles is 1. The number of aryl methyl sites for hydroxylation is 2. The molecule has 2 heterocycles. The lowest BCUT2D eigenvalue weighted by Gasteiger charge is -2.23. The molecule has 4 rings (SSSR count). The SMILES string of the molecule is Cc1ccc(N(CCC#N)C(=O)CSc2nnc(C3COc4ccccc4O3)o2)cc1C. The molecule has 164 valence electrons. The van der Waals surface area contributed by atoms with Crippen molar-refractivity contribution in [3.8, 4) is 17.6 Å². The van der Waals surface area contributed by atoms with Gasteiger partial charge in [0.25, 0.3) is 11.1 Å². The van der Waals surface area contributed by atoms with Gasteiger partial charge in [-0.15, -0.1) is 10.2 Å². The zero-order valence-electron chi connectivity index (χ0n) is 17.8. The third kappa shape index (κ3) is 4.86. The van der Waals surface area contributed by atoms with Crippen LogP contribution in [0.2, 0.25) is 0 Å². The largest absolute Gasteiger partial charge is 0.485 e. The van der Waals surface area contributed by atoms with Gasteiger partial charge in [0.2, 0.25) is 12.0 Å². The van der Waals surface area contributed by atoms with Crippen LogP contribution >= 0.6 is 11.8 Å². The van der Waals surface area contributed by atoms with Gasteiger partial charge in [-0.05, 0) is 49.2 Å². The molecule has 1 unspecified atom stereocenters. The van der Waals surface area contributed by atoms with E-state index >= 15 is 0 Å². The molecular formula is C23H22N4O4S. The van der Waals surface area contributed by atoms with Gasteiger partial charge in [-0.3, -0.25) is 4.79 Å². The third-order valence-electron chi connectivity index (χ3n) is 5.08. The van der Waals surface area contributed by atoms with Crippen LogP contribution in [0.3, 0.4) is 0 Å². The highest BCUT2D eigenvalue weighted by atomic mass is 32.2. The second-order valence-corrected chi connectivity index (χ2v) is 8.21. The molecule has 2 aromatic carbocycles. The predicted octanol–water partition coefficient (Wildman–Crippen LogP) is 4.24. The highest BCUT2D eigenvalue weighted by Gasteiger charge is 2.27. The quantitative estimate of drug-likeness (QED) is 0.493. The Kier molecular flexibility index (Phi) is 6.61. The summed E-state index contributed by atoms with van der Waals surface area (Å²) in [7, 11) is 0. The van der Waals surface area contributed by atoms with Crippen LogP contribution in [0, 0.1) is 25.2 Å². The van der Waals surface area contributed by atoms with E-state index in [1.54, 1.807) is 4.90 Å². The number of aromatic nitrogens is 2. The number of anilines is 1. The van der Waals surface area contributed by atoms with E-state index in [0.29, 0.717) is 23.9 Å². The molecule has 0 radical (unpaired) electrons. The van der Waals surface area contributed by atoms with Crippen LogP contribution in [0.15, 0.2) is 52.1 Å². The first-order valence-corrected chi connectivity index (χ1v) is 11.1. The number of para-hydroxylation sites is 2. The first-order chi connectivity index (χ1) is 15.5. The van der Waals surface area contributed by atoms with Crippen LogP contribution < -0.4 is 14.4 Å². The molecule has 0 aliphatic carbocycles. The Bertz CT molecular complexity index is 1160. The fraction of sp³-hybridized carbons (Fsp3) is 0.304. The molecule has 1 atom stereocenters. The van der Waals surface area contributed by atoms with Crippen LogP contribution in [-0.4, -0.2) is 35.0 Å². The Hall–Kier alpha value is -3.51. The van der Waals surface area contributed by atoms with Gasteiger partial charge >= 0.3 is 0 Å². The summed E-state index contributed by atoms with van der Waals surface area (Å²) in [4.78, 5) is 14.5. The minimum atomic E-state index is -0.509. The molecule has 0 saturated carbocycles. The Morgan fingerprint density at radius 1 is 1.19 bits per heavy atom. The van der Waals surface area contributed by atoms with E-state index < -0.39 is 6.10 Å². The molecule has 1 aromatic heterocycles. The van der Waals surface area contributed by atoms with Crippen LogP contribution in [0.25, 0.3) is 0 Å². The highest BCUT2D eigenvalue weighted by molar-refractivity contribution is 7.99. The Balaban J connectivity index is 1.40. The number of hydrogen-bond acceptors (Lipinski definition) is 8. The molecule has 1 aliphatic heterocycles. The summed E-state index contributed by atoms with van der Waals surface area (Å²) in [5.74, 6) is 1.55. The van der Waals surface area contributed by atoms with Crippen molar-refractivity contribution in [1.29, 1.82) is 5.26 Å². The number of benzene rings is 2. The Labute approximate surface area is 190 Å². The summed E-state index contributed by atoms with van der Waals surface area (Å²) >= 11 is 1.15. The molecule has 1 aliphatic rings. The summed E-state index contributed by atoms with van der Waals surface area (Å²) in [6.07, 6.45) is -0.265. The van der Waals surface area contributed by atoms with Gasteiger partial charge in [0.1, 0.15) is 6.61 Å². The summed E-state index contributed by atoms with van der Waals surface area (Å²) in [6, 6.07) is 15.3. The summed E-state index contributed by atoms with van der Waals surface area (Å²) in [5.41, 5.74) is 3.00. The molecule has 0 spiro atoms. The van der Waals surface area contributed by atoms with E-state index in [4.69, 9.17) is 19.2 Å². The number of carbonyl (C=O) groups is 1. The molecule has 0 N–H and O–H groups in total. The molecule has 1 amide bonds. The van der Waals surface area contributed by atoms with Gasteiger partial charge in [-0.1, -0.05) is 30.0 Å². The fourth-order valence-electron chi connectivity index (χ4n) is 3.20. The normalized spacial score (nSPS) is 14.6. The van der Waals surface area contributed by atoms with Crippen molar-refractivity contribution in [1.82, 2.24) is 10.2 Å². The molecule has 0 bridgehead atoms. The van der Waals surface area contributed by atoms with Crippen molar-refractivity contribution < 1.29 is 18.7 Å². The van der Waals surface area contributed by atoms with Crippen LogP contribution in [0.5, 0.6) is 11.5 Å². The van der Waals surface area contributed by atoms with Gasteiger partial charge in [0.05, 0.1) is 18.2 Å². The summed E-state index contributed by atoms with van der Waals surface area (Å²) < 4.78 is 17.3. The van der Waals surface area contributed by atoms with Crippen LogP contribution in [-0.2, 0) is 4.79 Å². The van der Waals surface area contributed by atoms with Crippen molar-refractivity contribution in [3.63, 3.8) is 0 Å². The van der Waals surface area contributed by atoms with E-state index in [0.717, 1.165) is 28.6 Å². The Morgan fingerprint density at radius 3 is 2.78 bits per heavy atom. The number of hydrogen-bond donors (Lipinski definition) is 0.